The molecule has 1 aromatic carbocycles. The van der Waals surface area contributed by atoms with Gasteiger partial charge in [-0.05, 0) is 19.1 Å². The first kappa shape index (κ1) is 16.1. The quantitative estimate of drug-likeness (QED) is 0.446. The van der Waals surface area contributed by atoms with Crippen LogP contribution in [-0.2, 0) is 13.2 Å². The highest BCUT2D eigenvalue weighted by molar-refractivity contribution is 7.99. The van der Waals surface area contributed by atoms with E-state index < -0.39 is 5.82 Å². The van der Waals surface area contributed by atoms with Gasteiger partial charge in [0.05, 0.1) is 5.75 Å². The van der Waals surface area contributed by atoms with Crippen molar-refractivity contribution < 1.29 is 9.13 Å². The van der Waals surface area contributed by atoms with E-state index in [1.165, 1.54) is 17.8 Å². The molecule has 6 heteroatoms. The van der Waals surface area contributed by atoms with E-state index in [1.54, 1.807) is 31.2 Å². The third-order valence-electron chi connectivity index (χ3n) is 2.75. The fourth-order valence-corrected chi connectivity index (χ4v) is 2.50. The van der Waals surface area contributed by atoms with Crippen LogP contribution in [0, 0.1) is 17.7 Å². The third kappa shape index (κ3) is 4.12. The molecule has 4 nitrogen and oxygen atoms in total. The van der Waals surface area contributed by atoms with Gasteiger partial charge in [0, 0.05) is 6.54 Å². The summed E-state index contributed by atoms with van der Waals surface area (Å²) in [7, 11) is 0. The summed E-state index contributed by atoms with van der Waals surface area (Å²) in [5.41, 5.74) is 0. The van der Waals surface area contributed by atoms with Crippen LogP contribution in [-0.4, -0.2) is 20.5 Å². The molecule has 0 aliphatic heterocycles. The molecular formula is C16H16FN3OS. The number of aromatic nitrogens is 3. The van der Waals surface area contributed by atoms with Gasteiger partial charge >= 0.3 is 0 Å². The Morgan fingerprint density at radius 1 is 1.41 bits per heavy atom. The van der Waals surface area contributed by atoms with E-state index in [0.29, 0.717) is 18.1 Å². The van der Waals surface area contributed by atoms with Crippen molar-refractivity contribution in [3.8, 4) is 17.6 Å². The molecule has 0 spiro atoms. The molecule has 2 rings (SSSR count). The van der Waals surface area contributed by atoms with Crippen molar-refractivity contribution >= 4 is 11.8 Å². The van der Waals surface area contributed by atoms with Crippen molar-refractivity contribution in [2.75, 3.05) is 5.75 Å². The first-order valence-corrected chi connectivity index (χ1v) is 7.67. The Morgan fingerprint density at radius 2 is 2.23 bits per heavy atom. The van der Waals surface area contributed by atoms with Gasteiger partial charge in [0.15, 0.2) is 22.5 Å². The summed E-state index contributed by atoms with van der Waals surface area (Å²) in [6.07, 6.45) is 1.76. The van der Waals surface area contributed by atoms with E-state index in [-0.39, 0.29) is 12.4 Å². The van der Waals surface area contributed by atoms with Gasteiger partial charge < -0.3 is 4.74 Å². The zero-order chi connectivity index (χ0) is 15.8. The van der Waals surface area contributed by atoms with Crippen LogP contribution in [0.2, 0.25) is 0 Å². The van der Waals surface area contributed by atoms with Crippen molar-refractivity contribution in [2.24, 2.45) is 0 Å². The van der Waals surface area contributed by atoms with Gasteiger partial charge in [-0.15, -0.1) is 22.7 Å². The van der Waals surface area contributed by atoms with Crippen molar-refractivity contribution in [1.29, 1.82) is 0 Å². The van der Waals surface area contributed by atoms with Gasteiger partial charge in [0.2, 0.25) is 0 Å². The monoisotopic (exact) mass is 317 g/mol. The number of nitrogens with zero attached hydrogens (tertiary/aromatic N) is 3. The zero-order valence-electron chi connectivity index (χ0n) is 12.3. The van der Waals surface area contributed by atoms with Crippen LogP contribution in [0.3, 0.4) is 0 Å². The second-order valence-electron chi connectivity index (χ2n) is 4.23. The molecular weight excluding hydrogens is 301 g/mol. The van der Waals surface area contributed by atoms with E-state index in [0.717, 1.165) is 5.16 Å². The van der Waals surface area contributed by atoms with Crippen LogP contribution >= 0.6 is 11.8 Å². The standard InChI is InChI=1S/C16H16FN3OS/c1-3-5-11-22-16-19-18-15(20(16)10-4-2)12-21-14-9-7-6-8-13(14)17/h4,6-9H,2,10-12H2,1H3. The highest BCUT2D eigenvalue weighted by Gasteiger charge is 2.12. The molecule has 0 amide bonds. The van der Waals surface area contributed by atoms with Crippen LogP contribution in [0.5, 0.6) is 5.75 Å². The summed E-state index contributed by atoms with van der Waals surface area (Å²) < 4.78 is 20.9. The van der Waals surface area contributed by atoms with Crippen molar-refractivity contribution in [3.63, 3.8) is 0 Å². The lowest BCUT2D eigenvalue weighted by Crippen LogP contribution is -2.08. The zero-order valence-corrected chi connectivity index (χ0v) is 13.1. The molecule has 1 heterocycles. The molecule has 114 valence electrons. The molecule has 2 aromatic rings. The topological polar surface area (TPSA) is 39.9 Å². The molecule has 0 N–H and O–H groups in total. The van der Waals surface area contributed by atoms with Crippen molar-refractivity contribution in [2.45, 2.75) is 25.2 Å². The predicted octanol–water partition coefficient (Wildman–Crippen LogP) is 3.30. The van der Waals surface area contributed by atoms with Crippen LogP contribution in [0.1, 0.15) is 12.7 Å². The highest BCUT2D eigenvalue weighted by Crippen LogP contribution is 2.20. The molecule has 0 bridgehead atoms. The Labute approximate surface area is 133 Å². The van der Waals surface area contributed by atoms with E-state index in [9.17, 15) is 4.39 Å². The number of ether oxygens (including phenoxy) is 1. The Hall–Kier alpha value is -2.26. The lowest BCUT2D eigenvalue weighted by atomic mass is 10.3. The summed E-state index contributed by atoms with van der Waals surface area (Å²) in [6.45, 7) is 6.23. The molecule has 1 aromatic heterocycles. The minimum atomic E-state index is -0.398. The maximum atomic E-state index is 13.5. The van der Waals surface area contributed by atoms with E-state index in [2.05, 4.69) is 28.6 Å². The summed E-state index contributed by atoms with van der Waals surface area (Å²) in [4.78, 5) is 0. The molecule has 0 atom stereocenters. The molecule has 0 saturated carbocycles. The number of rotatable bonds is 7. The fourth-order valence-electron chi connectivity index (χ4n) is 1.72. The lowest BCUT2D eigenvalue weighted by Gasteiger charge is -2.09. The molecule has 22 heavy (non-hydrogen) atoms. The smallest absolute Gasteiger partial charge is 0.192 e. The van der Waals surface area contributed by atoms with Crippen molar-refractivity contribution in [3.05, 3.63) is 48.6 Å². The van der Waals surface area contributed by atoms with Gasteiger partial charge in [-0.1, -0.05) is 35.9 Å². The van der Waals surface area contributed by atoms with Crippen molar-refractivity contribution in [1.82, 2.24) is 14.8 Å². The summed E-state index contributed by atoms with van der Waals surface area (Å²) in [5.74, 6) is 6.86. The number of allylic oxidation sites excluding steroid dienone is 1. The van der Waals surface area contributed by atoms with Crippen LogP contribution < -0.4 is 4.74 Å². The predicted molar refractivity (Wildman–Crippen MR) is 85.1 cm³/mol. The normalized spacial score (nSPS) is 9.91. The summed E-state index contributed by atoms with van der Waals surface area (Å²) in [5, 5.41) is 8.98. The Bertz CT molecular complexity index is 703. The maximum Gasteiger partial charge on any atom is 0.192 e. The SMILES string of the molecule is C=CCn1c(COc2ccccc2F)nnc1SCC#CC. The number of halogens is 1. The first-order valence-electron chi connectivity index (χ1n) is 6.69. The van der Waals surface area contributed by atoms with Gasteiger partial charge in [-0.25, -0.2) is 4.39 Å². The van der Waals surface area contributed by atoms with E-state index in [1.807, 2.05) is 4.57 Å². The molecule has 0 fully saturated rings. The minimum Gasteiger partial charge on any atom is -0.483 e. The number of hydrogen-bond acceptors (Lipinski definition) is 4. The average molecular weight is 317 g/mol. The number of thioether (sulfide) groups is 1. The largest absolute Gasteiger partial charge is 0.483 e. The number of hydrogen-bond donors (Lipinski definition) is 0. The van der Waals surface area contributed by atoms with E-state index in [4.69, 9.17) is 4.74 Å². The van der Waals surface area contributed by atoms with Crippen LogP contribution in [0.4, 0.5) is 4.39 Å². The Kier molecular flexibility index (Phi) is 6.04. The summed E-state index contributed by atoms with van der Waals surface area (Å²) in [6, 6.07) is 6.27. The van der Waals surface area contributed by atoms with E-state index >= 15 is 0 Å². The number of benzene rings is 1. The van der Waals surface area contributed by atoms with Crippen LogP contribution in [0.15, 0.2) is 42.1 Å². The van der Waals surface area contributed by atoms with Gasteiger partial charge in [0.25, 0.3) is 0 Å². The second kappa shape index (κ2) is 8.25. The fraction of sp³-hybridized carbons (Fsp3) is 0.250. The van der Waals surface area contributed by atoms with Crippen LogP contribution in [0.25, 0.3) is 0 Å². The third-order valence-corrected chi connectivity index (χ3v) is 3.60. The van der Waals surface area contributed by atoms with Gasteiger partial charge in [0.1, 0.15) is 6.61 Å². The molecule has 0 radical (unpaired) electrons. The molecule has 0 unspecified atom stereocenters. The van der Waals surface area contributed by atoms with Gasteiger partial charge in [-0.2, -0.15) is 0 Å². The average Bonchev–Trinajstić information content (AvgIpc) is 2.90. The Balaban J connectivity index is 2.10. The lowest BCUT2D eigenvalue weighted by molar-refractivity contribution is 0.275. The second-order valence-corrected chi connectivity index (χ2v) is 5.18. The minimum absolute atomic E-state index is 0.141. The summed E-state index contributed by atoms with van der Waals surface area (Å²) >= 11 is 1.50. The molecule has 0 aliphatic rings. The maximum absolute atomic E-state index is 13.5. The number of para-hydroxylation sites is 1. The Morgan fingerprint density at radius 3 is 2.95 bits per heavy atom. The molecule has 0 aliphatic carbocycles. The van der Waals surface area contributed by atoms with Gasteiger partial charge in [-0.3, -0.25) is 4.57 Å². The highest BCUT2D eigenvalue weighted by atomic mass is 32.2. The molecule has 0 saturated heterocycles. The first-order chi connectivity index (χ1) is 10.8.